The second-order valence-corrected chi connectivity index (χ2v) is 5.63. The third-order valence-corrected chi connectivity index (χ3v) is 3.84. The third kappa shape index (κ3) is 3.88. The maximum Gasteiger partial charge on any atom is 0.262 e. The molecule has 6 nitrogen and oxygen atoms in total. The molecule has 2 N–H and O–H groups in total. The van der Waals surface area contributed by atoms with Crippen LogP contribution < -0.4 is 20.3 Å². The number of nitrogens with zero attached hydrogens (tertiary/aromatic N) is 1. The molecule has 0 aromatic heterocycles. The summed E-state index contributed by atoms with van der Waals surface area (Å²) in [6.07, 6.45) is -0.707. The molecule has 0 saturated heterocycles. The van der Waals surface area contributed by atoms with Gasteiger partial charge in [0.2, 0.25) is 5.91 Å². The number of para-hydroxylation sites is 2. The fraction of sp³-hybridized carbons (Fsp3) is 0.222. The van der Waals surface area contributed by atoms with Crippen molar-refractivity contribution in [3.05, 3.63) is 54.3 Å². The Hall–Kier alpha value is -3.09. The third-order valence-electron chi connectivity index (χ3n) is 3.84. The number of carbonyl (C=O) groups is 2. The van der Waals surface area contributed by atoms with E-state index >= 15 is 0 Å². The number of likely N-dealkylation sites (N-methyl/N-ethyl adjacent to an activating group) is 1. The first-order valence-electron chi connectivity index (χ1n) is 7.84. The monoisotopic (exact) mass is 343 g/mol. The first kappa shape index (κ1) is 16.8. The Kier molecular flexibility index (Phi) is 4.83. The minimum absolute atomic E-state index is 0.0182. The van der Waals surface area contributed by atoms with E-state index in [-0.39, 0.29) is 24.9 Å². The molecule has 0 radical (unpaired) electrons. The molecule has 3 rings (SSSR count). The number of hydrogen-bond donors (Lipinski definition) is 2. The zero-order chi connectivity index (χ0) is 17.8. The molecule has 130 valence electrons. The summed E-state index contributed by atoms with van der Waals surface area (Å²) < 4.78 is 18.9. The Morgan fingerprint density at radius 2 is 2.04 bits per heavy atom. The molecular weight excluding hydrogens is 325 g/mol. The number of carbonyl (C=O) groups excluding carboxylic acids is 2. The molecule has 1 atom stereocenters. The van der Waals surface area contributed by atoms with Gasteiger partial charge in [0.05, 0.1) is 18.8 Å². The van der Waals surface area contributed by atoms with Crippen LogP contribution >= 0.6 is 0 Å². The van der Waals surface area contributed by atoms with Gasteiger partial charge in [-0.3, -0.25) is 9.59 Å². The summed E-state index contributed by atoms with van der Waals surface area (Å²) in [6.45, 7) is 0.262. The lowest BCUT2D eigenvalue weighted by Crippen LogP contribution is -2.50. The number of benzene rings is 2. The lowest BCUT2D eigenvalue weighted by molar-refractivity contribution is -0.127. The molecule has 1 heterocycles. The molecule has 0 spiro atoms. The summed E-state index contributed by atoms with van der Waals surface area (Å²) in [5.41, 5.74) is 1.12. The summed E-state index contributed by atoms with van der Waals surface area (Å²) in [7, 11) is 1.53. The molecule has 0 unspecified atom stereocenters. The number of anilines is 2. The van der Waals surface area contributed by atoms with Gasteiger partial charge in [0, 0.05) is 12.7 Å². The van der Waals surface area contributed by atoms with Crippen molar-refractivity contribution >= 4 is 23.2 Å². The topological polar surface area (TPSA) is 70.7 Å². The highest BCUT2D eigenvalue weighted by molar-refractivity contribution is 5.94. The van der Waals surface area contributed by atoms with Crippen molar-refractivity contribution in [1.29, 1.82) is 0 Å². The van der Waals surface area contributed by atoms with Gasteiger partial charge in [-0.2, -0.15) is 0 Å². The SMILES string of the molecule is CNC(=O)[C@@H]1CN(CC(=O)Nc2cccc(F)c2)c2ccccc2O1. The predicted molar refractivity (Wildman–Crippen MR) is 92.2 cm³/mol. The number of amides is 2. The molecule has 0 saturated carbocycles. The van der Waals surface area contributed by atoms with Gasteiger partial charge in [0.15, 0.2) is 6.10 Å². The van der Waals surface area contributed by atoms with Crippen LogP contribution in [0.1, 0.15) is 0 Å². The summed E-state index contributed by atoms with van der Waals surface area (Å²) in [4.78, 5) is 26.0. The predicted octanol–water partition coefficient (Wildman–Crippen LogP) is 1.78. The van der Waals surface area contributed by atoms with Crippen molar-refractivity contribution in [3.63, 3.8) is 0 Å². The molecule has 1 aliphatic heterocycles. The molecular formula is C18H18FN3O3. The molecule has 0 fully saturated rings. The van der Waals surface area contributed by atoms with Gasteiger partial charge < -0.3 is 20.3 Å². The second kappa shape index (κ2) is 7.21. The lowest BCUT2D eigenvalue weighted by Gasteiger charge is -2.34. The maximum absolute atomic E-state index is 13.2. The van der Waals surface area contributed by atoms with E-state index in [2.05, 4.69) is 10.6 Å². The second-order valence-electron chi connectivity index (χ2n) is 5.63. The van der Waals surface area contributed by atoms with Gasteiger partial charge in [0.25, 0.3) is 5.91 Å². The fourth-order valence-electron chi connectivity index (χ4n) is 2.69. The molecule has 1 aliphatic rings. The maximum atomic E-state index is 13.2. The van der Waals surface area contributed by atoms with Crippen LogP contribution in [0.25, 0.3) is 0 Å². The van der Waals surface area contributed by atoms with Crippen LogP contribution in [0.5, 0.6) is 5.75 Å². The number of fused-ring (bicyclic) bond motifs is 1. The van der Waals surface area contributed by atoms with Crippen molar-refractivity contribution in [2.75, 3.05) is 30.4 Å². The first-order valence-corrected chi connectivity index (χ1v) is 7.84. The molecule has 7 heteroatoms. The van der Waals surface area contributed by atoms with E-state index in [0.29, 0.717) is 11.4 Å². The number of nitrogens with one attached hydrogen (secondary N) is 2. The quantitative estimate of drug-likeness (QED) is 0.888. The number of halogens is 1. The molecule has 0 aliphatic carbocycles. The highest BCUT2D eigenvalue weighted by Gasteiger charge is 2.30. The zero-order valence-corrected chi connectivity index (χ0v) is 13.7. The Morgan fingerprint density at radius 1 is 1.24 bits per heavy atom. The Labute approximate surface area is 144 Å². The Morgan fingerprint density at radius 3 is 2.80 bits per heavy atom. The highest BCUT2D eigenvalue weighted by atomic mass is 19.1. The average molecular weight is 343 g/mol. The smallest absolute Gasteiger partial charge is 0.262 e. The van der Waals surface area contributed by atoms with Crippen molar-refractivity contribution in [2.45, 2.75) is 6.10 Å². The van der Waals surface area contributed by atoms with Crippen LogP contribution in [0.3, 0.4) is 0 Å². The van der Waals surface area contributed by atoms with Gasteiger partial charge in [-0.1, -0.05) is 18.2 Å². The van der Waals surface area contributed by atoms with E-state index in [1.165, 1.54) is 25.2 Å². The van der Waals surface area contributed by atoms with Gasteiger partial charge in [0.1, 0.15) is 11.6 Å². The van der Waals surface area contributed by atoms with Crippen LogP contribution in [-0.4, -0.2) is 38.1 Å². The molecule has 25 heavy (non-hydrogen) atoms. The van der Waals surface area contributed by atoms with Crippen LogP contribution in [0.2, 0.25) is 0 Å². The molecule has 2 amide bonds. The van der Waals surface area contributed by atoms with Gasteiger partial charge >= 0.3 is 0 Å². The minimum atomic E-state index is -0.707. The van der Waals surface area contributed by atoms with Crippen molar-refractivity contribution in [3.8, 4) is 5.75 Å². The Balaban J connectivity index is 1.75. The van der Waals surface area contributed by atoms with Crippen molar-refractivity contribution in [1.82, 2.24) is 5.32 Å². The van der Waals surface area contributed by atoms with E-state index in [0.717, 1.165) is 5.69 Å². The zero-order valence-electron chi connectivity index (χ0n) is 13.7. The first-order chi connectivity index (χ1) is 12.1. The summed E-state index contributed by atoms with van der Waals surface area (Å²) >= 11 is 0. The molecule has 2 aromatic rings. The van der Waals surface area contributed by atoms with Gasteiger partial charge in [-0.15, -0.1) is 0 Å². The normalized spacial score (nSPS) is 15.8. The number of hydrogen-bond acceptors (Lipinski definition) is 4. The van der Waals surface area contributed by atoms with Crippen LogP contribution in [0, 0.1) is 5.82 Å². The van der Waals surface area contributed by atoms with E-state index in [1.807, 2.05) is 12.1 Å². The number of rotatable bonds is 4. The molecule has 0 bridgehead atoms. The highest BCUT2D eigenvalue weighted by Crippen LogP contribution is 2.32. The minimum Gasteiger partial charge on any atom is -0.477 e. The summed E-state index contributed by atoms with van der Waals surface area (Å²) in [6, 6.07) is 12.9. The fourth-order valence-corrected chi connectivity index (χ4v) is 2.69. The van der Waals surface area contributed by atoms with E-state index in [4.69, 9.17) is 4.74 Å². The van der Waals surface area contributed by atoms with Gasteiger partial charge in [-0.05, 0) is 30.3 Å². The van der Waals surface area contributed by atoms with Crippen LogP contribution in [0.4, 0.5) is 15.8 Å². The van der Waals surface area contributed by atoms with E-state index in [1.54, 1.807) is 23.1 Å². The Bertz CT molecular complexity index is 797. The lowest BCUT2D eigenvalue weighted by atomic mass is 10.1. The summed E-state index contributed by atoms with van der Waals surface area (Å²) in [5, 5.41) is 5.21. The molecule has 2 aromatic carbocycles. The van der Waals surface area contributed by atoms with Gasteiger partial charge in [-0.25, -0.2) is 4.39 Å². The largest absolute Gasteiger partial charge is 0.477 e. The van der Waals surface area contributed by atoms with Crippen LogP contribution in [-0.2, 0) is 9.59 Å². The van der Waals surface area contributed by atoms with Crippen molar-refractivity contribution in [2.24, 2.45) is 0 Å². The summed E-state index contributed by atoms with van der Waals surface area (Å²) in [5.74, 6) is -0.446. The van der Waals surface area contributed by atoms with E-state index < -0.39 is 11.9 Å². The van der Waals surface area contributed by atoms with Crippen molar-refractivity contribution < 1.29 is 18.7 Å². The van der Waals surface area contributed by atoms with E-state index in [9.17, 15) is 14.0 Å². The van der Waals surface area contributed by atoms with Crippen LogP contribution in [0.15, 0.2) is 48.5 Å². The number of ether oxygens (including phenoxy) is 1. The average Bonchev–Trinajstić information content (AvgIpc) is 2.60. The standard InChI is InChI=1S/C18H18FN3O3/c1-20-18(24)16-10-22(14-7-2-3-8-15(14)25-16)11-17(23)21-13-6-4-5-12(19)9-13/h2-9,16H,10-11H2,1H3,(H,20,24)(H,21,23)/t16-/m0/s1.